The van der Waals surface area contributed by atoms with Crippen molar-refractivity contribution in [2.75, 3.05) is 13.1 Å². The van der Waals surface area contributed by atoms with Crippen molar-refractivity contribution >= 4 is 18.3 Å². The summed E-state index contributed by atoms with van der Waals surface area (Å²) >= 11 is 0. The molecule has 2 N–H and O–H groups in total. The molecule has 0 saturated carbocycles. The van der Waals surface area contributed by atoms with Crippen molar-refractivity contribution in [3.63, 3.8) is 0 Å². The molecule has 1 fully saturated rings. The van der Waals surface area contributed by atoms with Gasteiger partial charge in [-0.25, -0.2) is 0 Å². The highest BCUT2D eigenvalue weighted by Crippen LogP contribution is 2.14. The smallest absolute Gasteiger partial charge is 0.246 e. The Morgan fingerprint density at radius 1 is 1.26 bits per heavy atom. The number of halogens is 1. The molecule has 0 spiro atoms. The molecule has 8 heteroatoms. The van der Waals surface area contributed by atoms with Crippen LogP contribution in [0.2, 0.25) is 0 Å². The maximum atomic E-state index is 12.2. The molecule has 1 saturated heterocycles. The zero-order chi connectivity index (χ0) is 15.5. The number of piperidine rings is 1. The van der Waals surface area contributed by atoms with Gasteiger partial charge in [0.15, 0.2) is 0 Å². The molecule has 1 aromatic heterocycles. The lowest BCUT2D eigenvalue weighted by molar-refractivity contribution is -0.133. The van der Waals surface area contributed by atoms with Gasteiger partial charge in [-0.2, -0.15) is 4.80 Å². The van der Waals surface area contributed by atoms with Crippen LogP contribution in [0.4, 0.5) is 0 Å². The van der Waals surface area contributed by atoms with E-state index in [4.69, 9.17) is 5.73 Å². The minimum Gasteiger partial charge on any atom is -0.341 e. The van der Waals surface area contributed by atoms with Crippen molar-refractivity contribution in [1.82, 2.24) is 25.1 Å². The molecule has 2 heterocycles. The van der Waals surface area contributed by atoms with Gasteiger partial charge >= 0.3 is 0 Å². The highest BCUT2D eigenvalue weighted by molar-refractivity contribution is 5.85. The van der Waals surface area contributed by atoms with Crippen molar-refractivity contribution in [1.29, 1.82) is 0 Å². The Labute approximate surface area is 141 Å². The molecule has 1 amide bonds. The van der Waals surface area contributed by atoms with Crippen molar-refractivity contribution < 1.29 is 4.79 Å². The topological polar surface area (TPSA) is 89.9 Å². The number of carbonyl (C=O) groups is 1. The van der Waals surface area contributed by atoms with Crippen LogP contribution < -0.4 is 5.73 Å². The third-order valence-corrected chi connectivity index (χ3v) is 3.93. The normalized spacial score (nSPS) is 15.3. The molecule has 124 valence electrons. The third-order valence-electron chi connectivity index (χ3n) is 3.93. The summed E-state index contributed by atoms with van der Waals surface area (Å²) in [5, 5.41) is 12.3. The first kappa shape index (κ1) is 17.4. The molecule has 0 radical (unpaired) electrons. The van der Waals surface area contributed by atoms with E-state index in [0.29, 0.717) is 18.9 Å². The number of carbonyl (C=O) groups excluding carboxylic acids is 1. The number of tetrazole rings is 1. The Balaban J connectivity index is 0.00000192. The molecule has 0 aliphatic carbocycles. The van der Waals surface area contributed by atoms with E-state index in [1.165, 1.54) is 10.4 Å². The molecule has 0 unspecified atom stereocenters. The van der Waals surface area contributed by atoms with Gasteiger partial charge in [0.25, 0.3) is 0 Å². The summed E-state index contributed by atoms with van der Waals surface area (Å²) in [6.07, 6.45) is 1.70. The summed E-state index contributed by atoms with van der Waals surface area (Å²) in [5.41, 5.74) is 7.92. The summed E-state index contributed by atoms with van der Waals surface area (Å²) < 4.78 is 0. The van der Waals surface area contributed by atoms with E-state index in [1.54, 1.807) is 0 Å². The lowest BCUT2D eigenvalue weighted by Gasteiger charge is -2.29. The number of aryl methyl sites for hydroxylation is 1. The number of nitrogens with zero attached hydrogens (tertiary/aromatic N) is 5. The van der Waals surface area contributed by atoms with E-state index < -0.39 is 0 Å². The SMILES string of the molecule is Cc1ccc(-c2nnn(CC(=O)N3CCC(N)CC3)n2)cc1.Cl. The second-order valence-corrected chi connectivity index (χ2v) is 5.73. The maximum absolute atomic E-state index is 12.2. The summed E-state index contributed by atoms with van der Waals surface area (Å²) in [6, 6.07) is 8.10. The standard InChI is InChI=1S/C15H20N6O.ClH/c1-11-2-4-12(5-3-11)15-17-19-21(18-15)10-14(22)20-8-6-13(16)7-9-20;/h2-5,13H,6-10,16H2,1H3;1H. The van der Waals surface area contributed by atoms with E-state index in [1.807, 2.05) is 36.1 Å². The number of hydrogen-bond donors (Lipinski definition) is 1. The van der Waals surface area contributed by atoms with Crippen LogP contribution in [0.3, 0.4) is 0 Å². The number of benzene rings is 1. The quantitative estimate of drug-likeness (QED) is 0.903. The van der Waals surface area contributed by atoms with Gasteiger partial charge in [0.2, 0.25) is 11.7 Å². The summed E-state index contributed by atoms with van der Waals surface area (Å²) in [4.78, 5) is 15.4. The highest BCUT2D eigenvalue weighted by atomic mass is 35.5. The molecular weight excluding hydrogens is 316 g/mol. The van der Waals surface area contributed by atoms with E-state index in [0.717, 1.165) is 18.4 Å². The lowest BCUT2D eigenvalue weighted by Crippen LogP contribution is -2.44. The van der Waals surface area contributed by atoms with E-state index in [2.05, 4.69) is 15.4 Å². The lowest BCUT2D eigenvalue weighted by atomic mass is 10.1. The van der Waals surface area contributed by atoms with Gasteiger partial charge in [0.05, 0.1) is 0 Å². The number of rotatable bonds is 3. The van der Waals surface area contributed by atoms with E-state index >= 15 is 0 Å². The summed E-state index contributed by atoms with van der Waals surface area (Å²) in [7, 11) is 0. The van der Waals surface area contributed by atoms with E-state index in [9.17, 15) is 4.79 Å². The Kier molecular flexibility index (Phi) is 5.68. The molecule has 1 aromatic carbocycles. The molecule has 3 rings (SSSR count). The minimum absolute atomic E-state index is 0. The number of hydrogen-bond acceptors (Lipinski definition) is 5. The van der Waals surface area contributed by atoms with Crippen molar-refractivity contribution in [2.45, 2.75) is 32.4 Å². The van der Waals surface area contributed by atoms with Gasteiger partial charge in [0.1, 0.15) is 6.54 Å². The van der Waals surface area contributed by atoms with Gasteiger partial charge in [-0.15, -0.1) is 22.6 Å². The van der Waals surface area contributed by atoms with Gasteiger partial charge < -0.3 is 10.6 Å². The minimum atomic E-state index is 0. The van der Waals surface area contributed by atoms with Crippen molar-refractivity contribution in [2.24, 2.45) is 5.73 Å². The number of nitrogens with two attached hydrogens (primary N) is 1. The Bertz CT molecular complexity index is 648. The average Bonchev–Trinajstić information content (AvgIpc) is 2.97. The fraction of sp³-hybridized carbons (Fsp3) is 0.467. The fourth-order valence-corrected chi connectivity index (χ4v) is 2.50. The summed E-state index contributed by atoms with van der Waals surface area (Å²) in [5.74, 6) is 0.549. The number of aromatic nitrogens is 4. The van der Waals surface area contributed by atoms with Crippen LogP contribution in [-0.2, 0) is 11.3 Å². The van der Waals surface area contributed by atoms with Gasteiger partial charge in [0, 0.05) is 24.7 Å². The predicted octanol–water partition coefficient (Wildman–Crippen LogP) is 1.02. The van der Waals surface area contributed by atoms with Crippen LogP contribution in [-0.4, -0.2) is 50.1 Å². The van der Waals surface area contributed by atoms with E-state index in [-0.39, 0.29) is 30.9 Å². The van der Waals surface area contributed by atoms with Crippen LogP contribution >= 0.6 is 12.4 Å². The maximum Gasteiger partial charge on any atom is 0.246 e. The first-order valence-corrected chi connectivity index (χ1v) is 7.50. The zero-order valence-corrected chi connectivity index (χ0v) is 13.9. The molecule has 0 bridgehead atoms. The molecule has 7 nitrogen and oxygen atoms in total. The van der Waals surface area contributed by atoms with Crippen LogP contribution in [0, 0.1) is 6.92 Å². The van der Waals surface area contributed by atoms with Crippen molar-refractivity contribution in [3.05, 3.63) is 29.8 Å². The second kappa shape index (κ2) is 7.52. The van der Waals surface area contributed by atoms with Gasteiger partial charge in [-0.05, 0) is 25.0 Å². The van der Waals surface area contributed by atoms with Crippen molar-refractivity contribution in [3.8, 4) is 11.4 Å². The van der Waals surface area contributed by atoms with Crippen LogP contribution in [0.25, 0.3) is 11.4 Å². The molecular formula is C15H21ClN6O. The van der Waals surface area contributed by atoms with Crippen LogP contribution in [0.15, 0.2) is 24.3 Å². The number of amides is 1. The van der Waals surface area contributed by atoms with Gasteiger partial charge in [-0.1, -0.05) is 29.8 Å². The summed E-state index contributed by atoms with van der Waals surface area (Å²) in [6.45, 7) is 3.56. The average molecular weight is 337 g/mol. The number of likely N-dealkylation sites (tertiary alicyclic amines) is 1. The van der Waals surface area contributed by atoms with Gasteiger partial charge in [-0.3, -0.25) is 4.79 Å². The van der Waals surface area contributed by atoms with Crippen LogP contribution in [0.5, 0.6) is 0 Å². The largest absolute Gasteiger partial charge is 0.341 e. The molecule has 1 aliphatic heterocycles. The zero-order valence-electron chi connectivity index (χ0n) is 13.1. The fourth-order valence-electron chi connectivity index (χ4n) is 2.50. The van der Waals surface area contributed by atoms with Crippen LogP contribution in [0.1, 0.15) is 18.4 Å². The third kappa shape index (κ3) is 4.27. The Morgan fingerprint density at radius 2 is 1.91 bits per heavy atom. The molecule has 1 aliphatic rings. The molecule has 2 aromatic rings. The second-order valence-electron chi connectivity index (χ2n) is 5.73. The predicted molar refractivity (Wildman–Crippen MR) is 89.0 cm³/mol. The highest BCUT2D eigenvalue weighted by Gasteiger charge is 2.21. The Hall–Kier alpha value is -1.99. The first-order chi connectivity index (χ1) is 10.6. The first-order valence-electron chi connectivity index (χ1n) is 7.50. The molecule has 23 heavy (non-hydrogen) atoms. The monoisotopic (exact) mass is 336 g/mol. The molecule has 0 atom stereocenters. The Morgan fingerprint density at radius 3 is 2.57 bits per heavy atom.